The van der Waals surface area contributed by atoms with Crippen LogP contribution in [-0.4, -0.2) is 16.6 Å². The summed E-state index contributed by atoms with van der Waals surface area (Å²) in [5.74, 6) is 1.20. The van der Waals surface area contributed by atoms with Crippen LogP contribution in [0.25, 0.3) is 0 Å². The standard InChI is InChI=1S/C14H17N3O4/c1-2-6-15-9-11-8-12(17(18)19)3-4-14(11)20-10-13-5-7-16-21-13/h3-5,7-8,15H,2,6,9-10H2,1H3. The third-order valence-electron chi connectivity index (χ3n) is 2.86. The Balaban J connectivity index is 2.11. The first-order valence-electron chi connectivity index (χ1n) is 6.71. The van der Waals surface area contributed by atoms with Crippen LogP contribution < -0.4 is 10.1 Å². The first kappa shape index (κ1) is 15.0. The van der Waals surface area contributed by atoms with Crippen LogP contribution in [0.2, 0.25) is 0 Å². The Hall–Kier alpha value is -2.41. The Morgan fingerprint density at radius 3 is 2.95 bits per heavy atom. The van der Waals surface area contributed by atoms with Gasteiger partial charge in [-0.3, -0.25) is 10.1 Å². The van der Waals surface area contributed by atoms with Gasteiger partial charge >= 0.3 is 0 Å². The van der Waals surface area contributed by atoms with Gasteiger partial charge in [0.15, 0.2) is 5.76 Å². The van der Waals surface area contributed by atoms with E-state index in [-0.39, 0.29) is 12.3 Å². The smallest absolute Gasteiger partial charge is 0.270 e. The van der Waals surface area contributed by atoms with Gasteiger partial charge in [-0.1, -0.05) is 12.1 Å². The molecule has 1 aromatic carbocycles. The van der Waals surface area contributed by atoms with Crippen molar-refractivity contribution in [2.45, 2.75) is 26.5 Å². The SMILES string of the molecule is CCCNCc1cc([N+](=O)[O-])ccc1OCc1ccno1. The van der Waals surface area contributed by atoms with E-state index >= 15 is 0 Å². The molecular formula is C14H17N3O4. The van der Waals surface area contributed by atoms with Crippen LogP contribution in [0.3, 0.4) is 0 Å². The number of hydrogen-bond donors (Lipinski definition) is 1. The van der Waals surface area contributed by atoms with Crippen LogP contribution in [0.5, 0.6) is 5.75 Å². The fourth-order valence-electron chi connectivity index (χ4n) is 1.82. The highest BCUT2D eigenvalue weighted by atomic mass is 16.6. The molecule has 112 valence electrons. The van der Waals surface area contributed by atoms with E-state index in [0.29, 0.717) is 18.1 Å². The monoisotopic (exact) mass is 291 g/mol. The van der Waals surface area contributed by atoms with E-state index < -0.39 is 4.92 Å². The average molecular weight is 291 g/mol. The van der Waals surface area contributed by atoms with Crippen LogP contribution >= 0.6 is 0 Å². The predicted molar refractivity (Wildman–Crippen MR) is 75.9 cm³/mol. The van der Waals surface area contributed by atoms with Gasteiger partial charge in [-0.05, 0) is 19.0 Å². The van der Waals surface area contributed by atoms with Gasteiger partial charge in [0.05, 0.1) is 11.1 Å². The zero-order valence-corrected chi connectivity index (χ0v) is 11.7. The summed E-state index contributed by atoms with van der Waals surface area (Å²) in [5.41, 5.74) is 0.799. The molecule has 0 saturated heterocycles. The minimum atomic E-state index is -0.413. The van der Waals surface area contributed by atoms with Crippen LogP contribution in [0, 0.1) is 10.1 Å². The lowest BCUT2D eigenvalue weighted by atomic mass is 10.1. The van der Waals surface area contributed by atoms with Gasteiger partial charge < -0.3 is 14.6 Å². The molecule has 0 unspecified atom stereocenters. The highest BCUT2D eigenvalue weighted by Gasteiger charge is 2.12. The summed E-state index contributed by atoms with van der Waals surface area (Å²) in [6.45, 7) is 3.64. The van der Waals surface area contributed by atoms with Crippen LogP contribution in [0.15, 0.2) is 35.0 Å². The molecule has 1 aromatic heterocycles. The minimum absolute atomic E-state index is 0.0512. The summed E-state index contributed by atoms with van der Waals surface area (Å²) in [5, 5.41) is 17.7. The second-order valence-corrected chi connectivity index (χ2v) is 4.49. The molecule has 0 radical (unpaired) electrons. The molecule has 1 N–H and O–H groups in total. The molecular weight excluding hydrogens is 274 g/mol. The van der Waals surface area contributed by atoms with Gasteiger partial charge in [-0.25, -0.2) is 0 Å². The Morgan fingerprint density at radius 1 is 1.43 bits per heavy atom. The van der Waals surface area contributed by atoms with E-state index in [1.807, 2.05) is 0 Å². The number of hydrogen-bond acceptors (Lipinski definition) is 6. The van der Waals surface area contributed by atoms with Crippen molar-refractivity contribution in [1.82, 2.24) is 10.5 Å². The molecule has 0 aliphatic carbocycles. The topological polar surface area (TPSA) is 90.4 Å². The molecule has 0 bridgehead atoms. The molecule has 0 saturated carbocycles. The van der Waals surface area contributed by atoms with Crippen molar-refractivity contribution in [3.63, 3.8) is 0 Å². The van der Waals surface area contributed by atoms with Gasteiger partial charge in [0.1, 0.15) is 12.4 Å². The molecule has 21 heavy (non-hydrogen) atoms. The molecule has 7 heteroatoms. The molecule has 0 amide bonds. The Bertz CT molecular complexity index is 584. The van der Waals surface area contributed by atoms with E-state index in [2.05, 4.69) is 17.4 Å². The number of aromatic nitrogens is 1. The third kappa shape index (κ3) is 4.28. The second kappa shape index (κ2) is 7.39. The lowest BCUT2D eigenvalue weighted by molar-refractivity contribution is -0.384. The molecule has 1 heterocycles. The number of nitro benzene ring substituents is 1. The lowest BCUT2D eigenvalue weighted by Gasteiger charge is -2.11. The van der Waals surface area contributed by atoms with Crippen LogP contribution in [0.1, 0.15) is 24.7 Å². The third-order valence-corrected chi connectivity index (χ3v) is 2.86. The fraction of sp³-hybridized carbons (Fsp3) is 0.357. The van der Waals surface area contributed by atoms with Crippen LogP contribution in [-0.2, 0) is 13.2 Å². The van der Waals surface area contributed by atoms with E-state index in [0.717, 1.165) is 18.5 Å². The van der Waals surface area contributed by atoms with Crippen molar-refractivity contribution in [3.05, 3.63) is 51.9 Å². The first-order chi connectivity index (χ1) is 10.2. The highest BCUT2D eigenvalue weighted by Crippen LogP contribution is 2.25. The first-order valence-corrected chi connectivity index (χ1v) is 6.71. The Morgan fingerprint density at radius 2 is 2.29 bits per heavy atom. The highest BCUT2D eigenvalue weighted by molar-refractivity contribution is 5.43. The number of rotatable bonds is 8. The van der Waals surface area contributed by atoms with Gasteiger partial charge in [0.25, 0.3) is 5.69 Å². The second-order valence-electron chi connectivity index (χ2n) is 4.49. The summed E-state index contributed by atoms with van der Waals surface area (Å²) in [4.78, 5) is 10.4. The van der Waals surface area contributed by atoms with Gasteiger partial charge in [-0.15, -0.1) is 0 Å². The molecule has 7 nitrogen and oxygen atoms in total. The summed E-state index contributed by atoms with van der Waals surface area (Å²) in [7, 11) is 0. The Labute approximate surface area is 122 Å². The van der Waals surface area contributed by atoms with Crippen molar-refractivity contribution in [2.24, 2.45) is 0 Å². The van der Waals surface area contributed by atoms with E-state index in [4.69, 9.17) is 9.26 Å². The Kier molecular flexibility index (Phi) is 5.28. The molecule has 0 spiro atoms. The molecule has 0 aliphatic heterocycles. The maximum atomic E-state index is 10.9. The minimum Gasteiger partial charge on any atom is -0.485 e. The van der Waals surface area contributed by atoms with E-state index in [1.54, 1.807) is 12.1 Å². The van der Waals surface area contributed by atoms with Crippen molar-refractivity contribution >= 4 is 5.69 Å². The zero-order chi connectivity index (χ0) is 15.1. The summed E-state index contributed by atoms with van der Waals surface area (Å²) >= 11 is 0. The van der Waals surface area contributed by atoms with Crippen molar-refractivity contribution in [2.75, 3.05) is 6.54 Å². The molecule has 0 aliphatic rings. The number of benzene rings is 1. The number of non-ortho nitro benzene ring substituents is 1. The normalized spacial score (nSPS) is 10.5. The number of nitrogens with one attached hydrogen (secondary N) is 1. The summed E-state index contributed by atoms with van der Waals surface area (Å²) in [6.07, 6.45) is 2.53. The quantitative estimate of drug-likeness (QED) is 0.457. The molecule has 2 aromatic rings. The number of nitrogens with zero attached hydrogens (tertiary/aromatic N) is 2. The lowest BCUT2D eigenvalue weighted by Crippen LogP contribution is -2.15. The van der Waals surface area contributed by atoms with Crippen molar-refractivity contribution in [1.29, 1.82) is 0 Å². The van der Waals surface area contributed by atoms with Crippen LogP contribution in [0.4, 0.5) is 5.69 Å². The number of ether oxygens (including phenoxy) is 1. The molecule has 0 atom stereocenters. The number of nitro groups is 1. The molecule has 0 fully saturated rings. The van der Waals surface area contributed by atoms with Crippen molar-refractivity contribution < 1.29 is 14.2 Å². The maximum absolute atomic E-state index is 10.9. The van der Waals surface area contributed by atoms with Gasteiger partial charge in [0.2, 0.25) is 0 Å². The average Bonchev–Trinajstić information content (AvgIpc) is 2.99. The largest absolute Gasteiger partial charge is 0.485 e. The van der Waals surface area contributed by atoms with E-state index in [9.17, 15) is 10.1 Å². The fourth-order valence-corrected chi connectivity index (χ4v) is 1.82. The van der Waals surface area contributed by atoms with Gasteiger partial charge in [0, 0.05) is 30.3 Å². The van der Waals surface area contributed by atoms with E-state index in [1.165, 1.54) is 18.3 Å². The maximum Gasteiger partial charge on any atom is 0.270 e. The molecule has 2 rings (SSSR count). The predicted octanol–water partition coefficient (Wildman–Crippen LogP) is 2.66. The van der Waals surface area contributed by atoms with Crippen molar-refractivity contribution in [3.8, 4) is 5.75 Å². The zero-order valence-electron chi connectivity index (χ0n) is 11.7. The summed E-state index contributed by atoms with van der Waals surface area (Å²) < 4.78 is 10.6. The van der Waals surface area contributed by atoms with Gasteiger partial charge in [-0.2, -0.15) is 0 Å². The summed E-state index contributed by atoms with van der Waals surface area (Å²) in [6, 6.07) is 6.27.